The zero-order valence-electron chi connectivity index (χ0n) is 13.7. The quantitative estimate of drug-likeness (QED) is 0.771. The lowest BCUT2D eigenvalue weighted by molar-refractivity contribution is 0.0945. The normalized spacial score (nSPS) is 10.5. The summed E-state index contributed by atoms with van der Waals surface area (Å²) < 4.78 is 23.6. The lowest BCUT2D eigenvalue weighted by Crippen LogP contribution is -2.23. The maximum atomic E-state index is 13.7. The maximum Gasteiger partial charge on any atom is 0.251 e. The second-order valence-corrected chi connectivity index (χ2v) is 5.41. The van der Waals surface area contributed by atoms with Gasteiger partial charge in [-0.3, -0.25) is 4.79 Å². The third-order valence-electron chi connectivity index (χ3n) is 3.56. The molecule has 2 aromatic carbocycles. The SMILES string of the molecule is COc1ccc(C(=O)NCc2nc(-c3cccc(C)c3)no2)cc1F. The number of nitrogens with one attached hydrogen (secondary N) is 1. The van der Waals surface area contributed by atoms with Crippen LogP contribution in [-0.4, -0.2) is 23.2 Å². The summed E-state index contributed by atoms with van der Waals surface area (Å²) in [4.78, 5) is 16.3. The molecular weight excluding hydrogens is 325 g/mol. The summed E-state index contributed by atoms with van der Waals surface area (Å²) in [7, 11) is 1.36. The van der Waals surface area contributed by atoms with E-state index in [-0.39, 0.29) is 23.7 Å². The van der Waals surface area contributed by atoms with Crippen molar-refractivity contribution in [2.45, 2.75) is 13.5 Å². The molecule has 7 heteroatoms. The standard InChI is InChI=1S/C18H16FN3O3/c1-11-4-3-5-12(8-11)17-21-16(25-22-17)10-20-18(23)13-6-7-15(24-2)14(19)9-13/h3-9H,10H2,1-2H3,(H,20,23). The first-order valence-corrected chi connectivity index (χ1v) is 7.58. The van der Waals surface area contributed by atoms with Crippen molar-refractivity contribution in [3.05, 3.63) is 65.3 Å². The van der Waals surface area contributed by atoms with Crippen LogP contribution in [0, 0.1) is 12.7 Å². The van der Waals surface area contributed by atoms with Crippen LogP contribution in [0.5, 0.6) is 5.75 Å². The number of carbonyl (C=O) groups excluding carboxylic acids is 1. The van der Waals surface area contributed by atoms with Gasteiger partial charge in [0.1, 0.15) is 0 Å². The van der Waals surface area contributed by atoms with Gasteiger partial charge in [-0.2, -0.15) is 4.98 Å². The largest absolute Gasteiger partial charge is 0.494 e. The van der Waals surface area contributed by atoms with Crippen molar-refractivity contribution in [2.75, 3.05) is 7.11 Å². The molecule has 1 heterocycles. The molecule has 0 aliphatic heterocycles. The molecule has 0 spiro atoms. The average Bonchev–Trinajstić information content (AvgIpc) is 3.08. The molecule has 1 amide bonds. The van der Waals surface area contributed by atoms with Gasteiger partial charge in [0.2, 0.25) is 11.7 Å². The molecule has 6 nitrogen and oxygen atoms in total. The van der Waals surface area contributed by atoms with Gasteiger partial charge >= 0.3 is 0 Å². The van der Waals surface area contributed by atoms with Crippen molar-refractivity contribution >= 4 is 5.91 Å². The monoisotopic (exact) mass is 341 g/mol. The molecule has 1 aromatic heterocycles. The number of aryl methyl sites for hydroxylation is 1. The number of halogens is 1. The molecule has 1 N–H and O–H groups in total. The summed E-state index contributed by atoms with van der Waals surface area (Å²) in [5.74, 6) is -0.259. The van der Waals surface area contributed by atoms with E-state index in [4.69, 9.17) is 9.26 Å². The molecule has 3 rings (SSSR count). The number of rotatable bonds is 5. The van der Waals surface area contributed by atoms with Crippen molar-refractivity contribution in [3.8, 4) is 17.1 Å². The molecular formula is C18H16FN3O3. The van der Waals surface area contributed by atoms with Gasteiger partial charge in [0.05, 0.1) is 13.7 Å². The van der Waals surface area contributed by atoms with Gasteiger partial charge in [-0.1, -0.05) is 28.9 Å². The zero-order chi connectivity index (χ0) is 17.8. The first-order chi connectivity index (χ1) is 12.1. The van der Waals surface area contributed by atoms with Crippen LogP contribution in [-0.2, 0) is 6.54 Å². The molecule has 0 radical (unpaired) electrons. The Hall–Kier alpha value is -3.22. The number of amides is 1. The van der Waals surface area contributed by atoms with Gasteiger partial charge in [-0.15, -0.1) is 0 Å². The Balaban J connectivity index is 1.66. The van der Waals surface area contributed by atoms with Crippen molar-refractivity contribution in [3.63, 3.8) is 0 Å². The minimum absolute atomic E-state index is 0.0469. The van der Waals surface area contributed by atoms with Crippen LogP contribution in [0.15, 0.2) is 47.0 Å². The molecule has 0 aliphatic carbocycles. The van der Waals surface area contributed by atoms with Crippen LogP contribution in [0.2, 0.25) is 0 Å². The molecule has 0 unspecified atom stereocenters. The van der Waals surface area contributed by atoms with E-state index in [1.54, 1.807) is 0 Å². The summed E-state index contributed by atoms with van der Waals surface area (Å²) in [5.41, 5.74) is 2.09. The number of benzene rings is 2. The van der Waals surface area contributed by atoms with E-state index in [1.165, 1.54) is 19.2 Å². The van der Waals surface area contributed by atoms with E-state index in [9.17, 15) is 9.18 Å². The topological polar surface area (TPSA) is 77.2 Å². The first-order valence-electron chi connectivity index (χ1n) is 7.58. The summed E-state index contributed by atoms with van der Waals surface area (Å²) >= 11 is 0. The summed E-state index contributed by atoms with van der Waals surface area (Å²) in [6.07, 6.45) is 0. The van der Waals surface area contributed by atoms with Crippen LogP contribution in [0.1, 0.15) is 21.8 Å². The second-order valence-electron chi connectivity index (χ2n) is 5.41. The Morgan fingerprint density at radius 1 is 1.28 bits per heavy atom. The summed E-state index contributed by atoms with van der Waals surface area (Å²) in [5, 5.41) is 6.51. The maximum absolute atomic E-state index is 13.7. The average molecular weight is 341 g/mol. The molecule has 0 bridgehead atoms. The fraction of sp³-hybridized carbons (Fsp3) is 0.167. The Morgan fingerprint density at radius 3 is 2.84 bits per heavy atom. The van der Waals surface area contributed by atoms with E-state index in [2.05, 4.69) is 15.5 Å². The smallest absolute Gasteiger partial charge is 0.251 e. The van der Waals surface area contributed by atoms with Crippen molar-refractivity contribution in [1.29, 1.82) is 0 Å². The summed E-state index contributed by atoms with van der Waals surface area (Å²) in [6.45, 7) is 2.02. The second kappa shape index (κ2) is 7.12. The summed E-state index contributed by atoms with van der Waals surface area (Å²) in [6, 6.07) is 11.7. The number of aromatic nitrogens is 2. The molecule has 25 heavy (non-hydrogen) atoms. The van der Waals surface area contributed by atoms with Gasteiger partial charge in [-0.05, 0) is 31.2 Å². The van der Waals surface area contributed by atoms with Gasteiger partial charge in [-0.25, -0.2) is 4.39 Å². The number of nitrogens with zero attached hydrogens (tertiary/aromatic N) is 2. The number of carbonyl (C=O) groups is 1. The highest BCUT2D eigenvalue weighted by Crippen LogP contribution is 2.18. The number of hydrogen-bond acceptors (Lipinski definition) is 5. The van der Waals surface area contributed by atoms with Crippen LogP contribution >= 0.6 is 0 Å². The first kappa shape index (κ1) is 16.6. The molecule has 0 saturated carbocycles. The molecule has 0 saturated heterocycles. The van der Waals surface area contributed by atoms with Crippen LogP contribution in [0.4, 0.5) is 4.39 Å². The van der Waals surface area contributed by atoms with E-state index in [0.29, 0.717) is 5.82 Å². The highest BCUT2D eigenvalue weighted by atomic mass is 19.1. The Bertz CT molecular complexity index is 908. The number of ether oxygens (including phenoxy) is 1. The van der Waals surface area contributed by atoms with E-state index in [0.717, 1.165) is 17.2 Å². The van der Waals surface area contributed by atoms with E-state index < -0.39 is 11.7 Å². The fourth-order valence-electron chi connectivity index (χ4n) is 2.29. The molecule has 128 valence electrons. The predicted octanol–water partition coefficient (Wildman–Crippen LogP) is 3.12. The number of methoxy groups -OCH3 is 1. The van der Waals surface area contributed by atoms with E-state index >= 15 is 0 Å². The number of hydrogen-bond donors (Lipinski definition) is 1. The fourth-order valence-corrected chi connectivity index (χ4v) is 2.29. The van der Waals surface area contributed by atoms with Crippen molar-refractivity contribution < 1.29 is 18.4 Å². The minimum Gasteiger partial charge on any atom is -0.494 e. The highest BCUT2D eigenvalue weighted by molar-refractivity contribution is 5.94. The van der Waals surface area contributed by atoms with Crippen molar-refractivity contribution in [1.82, 2.24) is 15.5 Å². The molecule has 3 aromatic rings. The predicted molar refractivity (Wildman–Crippen MR) is 88.6 cm³/mol. The van der Waals surface area contributed by atoms with Crippen LogP contribution in [0.25, 0.3) is 11.4 Å². The molecule has 0 fully saturated rings. The third-order valence-corrected chi connectivity index (χ3v) is 3.56. The van der Waals surface area contributed by atoms with Crippen LogP contribution in [0.3, 0.4) is 0 Å². The Labute approximate surface area is 143 Å². The highest BCUT2D eigenvalue weighted by Gasteiger charge is 2.13. The molecule has 0 atom stereocenters. The lowest BCUT2D eigenvalue weighted by atomic mass is 10.1. The van der Waals surface area contributed by atoms with Crippen molar-refractivity contribution in [2.24, 2.45) is 0 Å². The Kier molecular flexibility index (Phi) is 4.74. The molecule has 0 aliphatic rings. The Morgan fingerprint density at radius 2 is 2.12 bits per heavy atom. The van der Waals surface area contributed by atoms with Crippen LogP contribution < -0.4 is 10.1 Å². The lowest BCUT2D eigenvalue weighted by Gasteiger charge is -2.05. The van der Waals surface area contributed by atoms with E-state index in [1.807, 2.05) is 31.2 Å². The zero-order valence-corrected chi connectivity index (χ0v) is 13.7. The van der Waals surface area contributed by atoms with Gasteiger partial charge in [0, 0.05) is 11.1 Å². The van der Waals surface area contributed by atoms with Gasteiger partial charge in [0.15, 0.2) is 11.6 Å². The van der Waals surface area contributed by atoms with Gasteiger partial charge < -0.3 is 14.6 Å². The third kappa shape index (κ3) is 3.82. The minimum atomic E-state index is -0.602. The van der Waals surface area contributed by atoms with Gasteiger partial charge in [0.25, 0.3) is 5.91 Å².